The number of rotatable bonds is 6. The normalized spacial score (nSPS) is 11.4. The zero-order valence-electron chi connectivity index (χ0n) is 10.3. The number of nitrogens with zero attached hydrogens (tertiary/aromatic N) is 1. The first-order valence-corrected chi connectivity index (χ1v) is 7.27. The fraction of sp³-hybridized carbons (Fsp3) is 0.455. The molecule has 1 heterocycles. The number of thioether (sulfide) groups is 1. The van der Waals surface area contributed by atoms with E-state index < -0.39 is 11.9 Å². The third kappa shape index (κ3) is 4.87. The van der Waals surface area contributed by atoms with E-state index in [1.54, 1.807) is 11.8 Å². The largest absolute Gasteiger partial charge is 0.433 e. The number of thiocarbonyl (C=S) groups is 1. The van der Waals surface area contributed by atoms with Crippen molar-refractivity contribution in [2.45, 2.75) is 12.6 Å². The number of anilines is 1. The molecule has 0 saturated heterocycles. The van der Waals surface area contributed by atoms with Crippen LogP contribution in [0.5, 0.6) is 0 Å². The Morgan fingerprint density at radius 3 is 2.68 bits per heavy atom. The predicted octanol–water partition coefficient (Wildman–Crippen LogP) is 2.90. The van der Waals surface area contributed by atoms with Crippen molar-refractivity contribution >= 4 is 34.8 Å². The molecule has 0 aliphatic heterocycles. The summed E-state index contributed by atoms with van der Waals surface area (Å²) in [4.78, 5) is 3.57. The number of nitrogens with two attached hydrogens (primary N) is 1. The summed E-state index contributed by atoms with van der Waals surface area (Å²) in [5, 5.41) is 2.85. The summed E-state index contributed by atoms with van der Waals surface area (Å²) < 4.78 is 37.8. The molecule has 0 fully saturated rings. The Hall–Kier alpha value is -1.02. The number of pyridine rings is 1. The van der Waals surface area contributed by atoms with Crippen LogP contribution in [0.4, 0.5) is 19.0 Å². The van der Waals surface area contributed by atoms with Gasteiger partial charge in [0.2, 0.25) is 0 Å². The van der Waals surface area contributed by atoms with Gasteiger partial charge < -0.3 is 11.1 Å². The first-order valence-electron chi connectivity index (χ1n) is 5.47. The number of halogens is 3. The minimum Gasteiger partial charge on any atom is -0.389 e. The van der Waals surface area contributed by atoms with Gasteiger partial charge in [0, 0.05) is 6.54 Å². The molecule has 0 spiro atoms. The average Bonchev–Trinajstić information content (AvgIpc) is 2.33. The maximum Gasteiger partial charge on any atom is 0.433 e. The second-order valence-electron chi connectivity index (χ2n) is 3.73. The number of alkyl halides is 3. The zero-order valence-corrected chi connectivity index (χ0v) is 11.9. The van der Waals surface area contributed by atoms with Crippen LogP contribution in [-0.2, 0) is 6.18 Å². The minimum atomic E-state index is -4.48. The lowest BCUT2D eigenvalue weighted by Gasteiger charge is -2.13. The molecule has 1 aromatic heterocycles. The topological polar surface area (TPSA) is 50.9 Å². The quantitative estimate of drug-likeness (QED) is 0.625. The minimum absolute atomic E-state index is 0.0218. The lowest BCUT2D eigenvalue weighted by atomic mass is 10.2. The van der Waals surface area contributed by atoms with Gasteiger partial charge in [-0.15, -0.1) is 0 Å². The summed E-state index contributed by atoms with van der Waals surface area (Å²) in [5.41, 5.74) is 4.84. The molecule has 0 bridgehead atoms. The summed E-state index contributed by atoms with van der Waals surface area (Å²) in [6.07, 6.45) is -1.71. The highest BCUT2D eigenvalue weighted by molar-refractivity contribution is 7.98. The molecule has 0 saturated carbocycles. The van der Waals surface area contributed by atoms with E-state index in [0.29, 0.717) is 12.1 Å². The molecular weight excluding hydrogens is 295 g/mol. The molecule has 1 rings (SSSR count). The van der Waals surface area contributed by atoms with Gasteiger partial charge in [0.25, 0.3) is 0 Å². The van der Waals surface area contributed by atoms with Gasteiger partial charge >= 0.3 is 6.18 Å². The lowest BCUT2D eigenvalue weighted by Crippen LogP contribution is -2.18. The monoisotopic (exact) mass is 309 g/mol. The first kappa shape index (κ1) is 16.0. The Balaban J connectivity index is 2.93. The van der Waals surface area contributed by atoms with Gasteiger partial charge in [-0.25, -0.2) is 4.98 Å². The fourth-order valence-corrected chi connectivity index (χ4v) is 1.97. The van der Waals surface area contributed by atoms with Crippen molar-refractivity contribution in [3.8, 4) is 0 Å². The summed E-state index contributed by atoms with van der Waals surface area (Å²) in [7, 11) is 0. The Bertz CT molecular complexity index is 449. The Morgan fingerprint density at radius 2 is 2.16 bits per heavy atom. The van der Waals surface area contributed by atoms with Crippen molar-refractivity contribution in [3.63, 3.8) is 0 Å². The van der Waals surface area contributed by atoms with Crippen LogP contribution < -0.4 is 11.1 Å². The van der Waals surface area contributed by atoms with Crippen molar-refractivity contribution < 1.29 is 13.2 Å². The molecule has 1 aromatic rings. The Kier molecular flexibility index (Phi) is 5.86. The molecule has 0 aliphatic rings. The second-order valence-corrected chi connectivity index (χ2v) is 5.15. The van der Waals surface area contributed by atoms with Crippen LogP contribution in [0, 0.1) is 0 Å². The molecule has 3 N–H and O–H groups in total. The molecule has 106 valence electrons. The second kappa shape index (κ2) is 6.95. The van der Waals surface area contributed by atoms with Gasteiger partial charge in [0.15, 0.2) is 0 Å². The van der Waals surface area contributed by atoms with E-state index in [0.717, 1.165) is 18.2 Å². The third-order valence-electron chi connectivity index (χ3n) is 2.27. The maximum atomic E-state index is 12.6. The summed E-state index contributed by atoms with van der Waals surface area (Å²) in [6, 6.07) is 2.12. The Labute approximate surface area is 119 Å². The van der Waals surface area contributed by atoms with Gasteiger partial charge in [-0.1, -0.05) is 12.2 Å². The molecular formula is C11H14F3N3S2. The third-order valence-corrected chi connectivity index (χ3v) is 3.19. The van der Waals surface area contributed by atoms with Crippen LogP contribution in [0.3, 0.4) is 0 Å². The summed E-state index contributed by atoms with van der Waals surface area (Å²) in [6.45, 7) is 0.519. The maximum absolute atomic E-state index is 12.6. The first-order chi connectivity index (χ1) is 8.86. The molecule has 8 heteroatoms. The SMILES string of the molecule is CSCCCNc1nc(C(F)(F)F)ccc1C(N)=S. The number of hydrogen-bond acceptors (Lipinski definition) is 4. The van der Waals surface area contributed by atoms with Crippen molar-refractivity contribution in [1.29, 1.82) is 0 Å². The van der Waals surface area contributed by atoms with Gasteiger partial charge in [0.05, 0.1) is 5.56 Å². The predicted molar refractivity (Wildman–Crippen MR) is 76.6 cm³/mol. The Morgan fingerprint density at radius 1 is 1.47 bits per heavy atom. The average molecular weight is 309 g/mol. The van der Waals surface area contributed by atoms with Crippen LogP contribution in [0.15, 0.2) is 12.1 Å². The molecule has 3 nitrogen and oxygen atoms in total. The molecule has 0 aromatic carbocycles. The standard InChI is InChI=1S/C11H14F3N3S2/c1-19-6-2-5-16-10-7(9(15)18)3-4-8(17-10)11(12,13)14/h3-4H,2,5-6H2,1H3,(H2,15,18)(H,16,17). The lowest BCUT2D eigenvalue weighted by molar-refractivity contribution is -0.141. The van der Waals surface area contributed by atoms with Crippen molar-refractivity contribution in [3.05, 3.63) is 23.4 Å². The molecule has 0 amide bonds. The van der Waals surface area contributed by atoms with Gasteiger partial charge in [-0.2, -0.15) is 24.9 Å². The van der Waals surface area contributed by atoms with E-state index in [-0.39, 0.29) is 10.8 Å². The zero-order chi connectivity index (χ0) is 14.5. The van der Waals surface area contributed by atoms with E-state index in [4.69, 9.17) is 18.0 Å². The fourth-order valence-electron chi connectivity index (χ4n) is 1.37. The van der Waals surface area contributed by atoms with Crippen LogP contribution in [-0.4, -0.2) is 28.5 Å². The van der Waals surface area contributed by atoms with Gasteiger partial charge in [-0.3, -0.25) is 0 Å². The number of hydrogen-bond donors (Lipinski definition) is 2. The summed E-state index contributed by atoms with van der Waals surface area (Å²) in [5.74, 6) is 0.998. The van der Waals surface area contributed by atoms with E-state index in [1.807, 2.05) is 6.26 Å². The molecule has 0 atom stereocenters. The molecule has 0 unspecified atom stereocenters. The molecule has 0 radical (unpaired) electrons. The highest BCUT2D eigenvalue weighted by atomic mass is 32.2. The van der Waals surface area contributed by atoms with Crippen molar-refractivity contribution in [1.82, 2.24) is 4.98 Å². The molecule has 0 aliphatic carbocycles. The van der Waals surface area contributed by atoms with E-state index >= 15 is 0 Å². The van der Waals surface area contributed by atoms with Gasteiger partial charge in [0.1, 0.15) is 16.5 Å². The summed E-state index contributed by atoms with van der Waals surface area (Å²) >= 11 is 6.46. The smallest absolute Gasteiger partial charge is 0.389 e. The van der Waals surface area contributed by atoms with Crippen LogP contribution in [0.1, 0.15) is 17.7 Å². The van der Waals surface area contributed by atoms with Crippen molar-refractivity contribution in [2.75, 3.05) is 23.9 Å². The van der Waals surface area contributed by atoms with Crippen LogP contribution in [0.2, 0.25) is 0 Å². The van der Waals surface area contributed by atoms with Crippen molar-refractivity contribution in [2.24, 2.45) is 5.73 Å². The number of nitrogens with one attached hydrogen (secondary N) is 1. The van der Waals surface area contributed by atoms with E-state index in [2.05, 4.69) is 10.3 Å². The highest BCUT2D eigenvalue weighted by Crippen LogP contribution is 2.29. The van der Waals surface area contributed by atoms with E-state index in [9.17, 15) is 13.2 Å². The number of aromatic nitrogens is 1. The highest BCUT2D eigenvalue weighted by Gasteiger charge is 2.33. The van der Waals surface area contributed by atoms with Crippen LogP contribution >= 0.6 is 24.0 Å². The van der Waals surface area contributed by atoms with Gasteiger partial charge in [-0.05, 0) is 30.6 Å². The van der Waals surface area contributed by atoms with Crippen LogP contribution in [0.25, 0.3) is 0 Å². The van der Waals surface area contributed by atoms with E-state index in [1.165, 1.54) is 6.07 Å². The molecule has 19 heavy (non-hydrogen) atoms.